The minimum atomic E-state index is -0.783. The molecule has 0 aliphatic carbocycles. The summed E-state index contributed by atoms with van der Waals surface area (Å²) in [5, 5.41) is 10.9. The van der Waals surface area contributed by atoms with E-state index >= 15 is 0 Å². The van der Waals surface area contributed by atoms with E-state index in [4.69, 9.17) is 18.6 Å². The number of aliphatic hydroxyl groups is 1. The van der Waals surface area contributed by atoms with Crippen LogP contribution in [-0.2, 0) is 9.53 Å². The van der Waals surface area contributed by atoms with Crippen molar-refractivity contribution in [2.45, 2.75) is 26.3 Å². The van der Waals surface area contributed by atoms with E-state index in [0.29, 0.717) is 55.6 Å². The van der Waals surface area contributed by atoms with E-state index in [9.17, 15) is 14.7 Å². The zero-order valence-electron chi connectivity index (χ0n) is 20.4. The van der Waals surface area contributed by atoms with Gasteiger partial charge in [-0.05, 0) is 50.1 Å². The number of morpholine rings is 1. The lowest BCUT2D eigenvalue weighted by atomic mass is 9.94. The van der Waals surface area contributed by atoms with Crippen LogP contribution in [0.5, 0.6) is 11.5 Å². The van der Waals surface area contributed by atoms with Crippen molar-refractivity contribution in [3.05, 3.63) is 58.7 Å². The second-order valence-corrected chi connectivity index (χ2v) is 8.55. The first-order chi connectivity index (χ1) is 16.9. The van der Waals surface area contributed by atoms with Crippen LogP contribution in [0.15, 0.2) is 46.1 Å². The number of hydrogen-bond donors (Lipinski definition) is 1. The quantitative estimate of drug-likeness (QED) is 0.513. The summed E-state index contributed by atoms with van der Waals surface area (Å²) >= 11 is 0. The van der Waals surface area contributed by atoms with E-state index in [0.717, 1.165) is 19.6 Å². The van der Waals surface area contributed by atoms with Crippen LogP contribution in [0.25, 0.3) is 0 Å². The molecule has 0 bridgehead atoms. The largest absolute Gasteiger partial charge is 0.503 e. The summed E-state index contributed by atoms with van der Waals surface area (Å²) in [6, 6.07) is 7.74. The van der Waals surface area contributed by atoms with Gasteiger partial charge in [0.15, 0.2) is 23.0 Å². The summed E-state index contributed by atoms with van der Waals surface area (Å²) in [7, 11) is 1.53. The molecule has 9 heteroatoms. The highest BCUT2D eigenvalue weighted by atomic mass is 16.5. The Hall–Kier alpha value is -3.30. The van der Waals surface area contributed by atoms with Gasteiger partial charge in [-0.15, -0.1) is 0 Å². The second kappa shape index (κ2) is 11.0. The molecule has 1 saturated heterocycles. The van der Waals surface area contributed by atoms with Gasteiger partial charge in [0.25, 0.3) is 5.91 Å². The van der Waals surface area contributed by atoms with E-state index in [-0.39, 0.29) is 11.3 Å². The normalized spacial score (nSPS) is 18.9. The number of nitrogens with zero attached hydrogens (tertiary/aromatic N) is 2. The van der Waals surface area contributed by atoms with Crippen LogP contribution in [0, 0.1) is 6.92 Å². The lowest BCUT2D eigenvalue weighted by molar-refractivity contribution is -0.129. The van der Waals surface area contributed by atoms with Crippen LogP contribution in [0.3, 0.4) is 0 Å². The molecule has 2 aliphatic rings. The van der Waals surface area contributed by atoms with E-state index in [1.54, 1.807) is 42.2 Å². The smallest absolute Gasteiger partial charge is 0.290 e. The highest BCUT2D eigenvalue weighted by Crippen LogP contribution is 2.42. The third-order valence-corrected chi connectivity index (χ3v) is 6.29. The number of carbonyl (C=O) groups is 2. The van der Waals surface area contributed by atoms with Crippen LogP contribution in [-0.4, -0.2) is 79.7 Å². The van der Waals surface area contributed by atoms with Gasteiger partial charge in [-0.2, -0.15) is 0 Å². The molecule has 1 N–H and O–H groups in total. The number of carbonyl (C=O) groups excluding carboxylic acids is 2. The Bertz CT molecular complexity index is 1100. The predicted octanol–water partition coefficient (Wildman–Crippen LogP) is 3.30. The number of aryl methyl sites for hydroxylation is 1. The minimum absolute atomic E-state index is 0.00179. The zero-order valence-corrected chi connectivity index (χ0v) is 20.4. The Labute approximate surface area is 204 Å². The molecule has 0 saturated carbocycles. The number of methoxy groups -OCH3 is 1. The number of aliphatic hydroxyl groups excluding tert-OH is 1. The van der Waals surface area contributed by atoms with E-state index in [1.165, 1.54) is 7.11 Å². The second-order valence-electron chi connectivity index (χ2n) is 8.55. The summed E-state index contributed by atoms with van der Waals surface area (Å²) < 4.78 is 22.1. The number of amides is 1. The van der Waals surface area contributed by atoms with Crippen molar-refractivity contribution in [2.75, 3.05) is 53.1 Å². The van der Waals surface area contributed by atoms with Gasteiger partial charge in [0.05, 0.1) is 38.5 Å². The SMILES string of the molecule is CCOc1ccc([C@H]2C(C(=O)c3ccc(C)o3)=C(O)C(=O)N2CCCN2CCOCC2)cc1OC. The first kappa shape index (κ1) is 24.8. The molecule has 3 heterocycles. The Balaban J connectivity index is 1.66. The molecule has 1 amide bonds. The summed E-state index contributed by atoms with van der Waals surface area (Å²) in [4.78, 5) is 30.4. The van der Waals surface area contributed by atoms with Crippen molar-refractivity contribution in [1.82, 2.24) is 9.80 Å². The van der Waals surface area contributed by atoms with E-state index < -0.39 is 23.5 Å². The minimum Gasteiger partial charge on any atom is -0.503 e. The molecule has 1 atom stereocenters. The molecule has 0 radical (unpaired) electrons. The number of furan rings is 1. The number of benzene rings is 1. The summed E-state index contributed by atoms with van der Waals surface area (Å²) in [6.45, 7) is 8.31. The summed E-state index contributed by atoms with van der Waals surface area (Å²) in [5.74, 6) is 0.0540. The number of ether oxygens (including phenoxy) is 3. The highest BCUT2D eigenvalue weighted by molar-refractivity contribution is 6.15. The van der Waals surface area contributed by atoms with Crippen molar-refractivity contribution in [3.63, 3.8) is 0 Å². The molecule has 0 unspecified atom stereocenters. The fourth-order valence-electron chi connectivity index (χ4n) is 4.57. The van der Waals surface area contributed by atoms with Crippen molar-refractivity contribution in [3.8, 4) is 11.5 Å². The third-order valence-electron chi connectivity index (χ3n) is 6.29. The Morgan fingerprint density at radius 1 is 1.14 bits per heavy atom. The van der Waals surface area contributed by atoms with Crippen LogP contribution >= 0.6 is 0 Å². The van der Waals surface area contributed by atoms with Crippen LogP contribution in [0.1, 0.15) is 41.3 Å². The first-order valence-corrected chi connectivity index (χ1v) is 11.9. The van der Waals surface area contributed by atoms with Crippen LogP contribution < -0.4 is 9.47 Å². The third kappa shape index (κ3) is 5.21. The van der Waals surface area contributed by atoms with Gasteiger partial charge >= 0.3 is 0 Å². The average molecular weight is 485 g/mol. The lowest BCUT2D eigenvalue weighted by Crippen LogP contribution is -2.39. The van der Waals surface area contributed by atoms with Gasteiger partial charge in [0.2, 0.25) is 5.78 Å². The summed E-state index contributed by atoms with van der Waals surface area (Å²) in [6.07, 6.45) is 0.686. The van der Waals surface area contributed by atoms with Crippen LogP contribution in [0.2, 0.25) is 0 Å². The fourth-order valence-corrected chi connectivity index (χ4v) is 4.57. The Morgan fingerprint density at radius 3 is 2.57 bits per heavy atom. The van der Waals surface area contributed by atoms with Gasteiger partial charge in [-0.25, -0.2) is 0 Å². The lowest BCUT2D eigenvalue weighted by Gasteiger charge is -2.30. The maximum absolute atomic E-state index is 13.4. The van der Waals surface area contributed by atoms with Gasteiger partial charge < -0.3 is 28.6 Å². The zero-order chi connectivity index (χ0) is 24.9. The van der Waals surface area contributed by atoms with Crippen LogP contribution in [0.4, 0.5) is 0 Å². The first-order valence-electron chi connectivity index (χ1n) is 11.9. The van der Waals surface area contributed by atoms with E-state index in [2.05, 4.69) is 4.90 Å². The standard InChI is InChI=1S/C26H32N2O7/c1-4-34-19-9-7-18(16-21(19)32-3)23-22(24(29)20-8-6-17(2)35-20)25(30)26(31)28(23)11-5-10-27-12-14-33-15-13-27/h6-9,16,23,30H,4-5,10-15H2,1-3H3/t23-/m0/s1. The molecule has 1 fully saturated rings. The molecular formula is C26H32N2O7. The monoisotopic (exact) mass is 484 g/mol. The molecule has 35 heavy (non-hydrogen) atoms. The highest BCUT2D eigenvalue weighted by Gasteiger charge is 2.44. The number of ketones is 1. The molecule has 4 rings (SSSR count). The molecule has 9 nitrogen and oxygen atoms in total. The number of rotatable bonds is 10. The molecule has 0 spiro atoms. The molecule has 2 aromatic rings. The van der Waals surface area contributed by atoms with Gasteiger partial charge in [0.1, 0.15) is 5.76 Å². The predicted molar refractivity (Wildman–Crippen MR) is 128 cm³/mol. The van der Waals surface area contributed by atoms with Gasteiger partial charge in [0, 0.05) is 26.2 Å². The van der Waals surface area contributed by atoms with Crippen molar-refractivity contribution < 1.29 is 33.3 Å². The molecular weight excluding hydrogens is 452 g/mol. The molecule has 1 aromatic carbocycles. The average Bonchev–Trinajstić information content (AvgIpc) is 3.41. The van der Waals surface area contributed by atoms with Crippen molar-refractivity contribution in [2.24, 2.45) is 0 Å². The maximum atomic E-state index is 13.4. The van der Waals surface area contributed by atoms with Gasteiger partial charge in [-0.1, -0.05) is 6.07 Å². The summed E-state index contributed by atoms with van der Waals surface area (Å²) in [5.41, 5.74) is 0.641. The Morgan fingerprint density at radius 2 is 1.91 bits per heavy atom. The topological polar surface area (TPSA) is 102 Å². The Kier molecular flexibility index (Phi) is 7.77. The number of Topliss-reactive ketones (excluding diaryl/α,β-unsaturated/α-hetero) is 1. The number of hydrogen-bond acceptors (Lipinski definition) is 8. The van der Waals surface area contributed by atoms with E-state index in [1.807, 2.05) is 6.92 Å². The van der Waals surface area contributed by atoms with Crippen molar-refractivity contribution in [1.29, 1.82) is 0 Å². The molecule has 1 aromatic heterocycles. The molecule has 2 aliphatic heterocycles. The fraction of sp³-hybridized carbons (Fsp3) is 0.462. The van der Waals surface area contributed by atoms with Crippen molar-refractivity contribution >= 4 is 11.7 Å². The molecule has 188 valence electrons. The van der Waals surface area contributed by atoms with Gasteiger partial charge in [-0.3, -0.25) is 14.5 Å². The maximum Gasteiger partial charge on any atom is 0.290 e.